The van der Waals surface area contributed by atoms with Gasteiger partial charge in [-0.1, -0.05) is 0 Å². The van der Waals surface area contributed by atoms with Crippen LogP contribution in [0.3, 0.4) is 0 Å². The lowest BCUT2D eigenvalue weighted by molar-refractivity contribution is -0.120. The lowest BCUT2D eigenvalue weighted by Gasteiger charge is -2.08. The van der Waals surface area contributed by atoms with E-state index in [1.165, 1.54) is 0 Å². The van der Waals surface area contributed by atoms with E-state index in [-0.39, 0.29) is 5.91 Å². The molecule has 1 atom stereocenters. The van der Waals surface area contributed by atoms with E-state index >= 15 is 0 Å². The minimum atomic E-state index is 0.0978. The van der Waals surface area contributed by atoms with Gasteiger partial charge in [0.2, 0.25) is 5.91 Å². The van der Waals surface area contributed by atoms with E-state index in [9.17, 15) is 4.79 Å². The van der Waals surface area contributed by atoms with Crippen molar-refractivity contribution in [3.05, 3.63) is 15.6 Å². The maximum Gasteiger partial charge on any atom is 0.225 e. The number of rotatable bonds is 5. The molecule has 0 spiro atoms. The summed E-state index contributed by atoms with van der Waals surface area (Å²) >= 11 is 1.61. The third kappa shape index (κ3) is 3.78. The molecule has 100 valence electrons. The van der Waals surface area contributed by atoms with Crippen LogP contribution in [0.15, 0.2) is 0 Å². The maximum absolute atomic E-state index is 11.8. The van der Waals surface area contributed by atoms with E-state index in [0.717, 1.165) is 48.2 Å². The summed E-state index contributed by atoms with van der Waals surface area (Å²) in [5.41, 5.74) is 0.983. The molecule has 5 heteroatoms. The predicted octanol–water partition coefficient (Wildman–Crippen LogP) is 1.85. The van der Waals surface area contributed by atoms with Crippen molar-refractivity contribution in [3.63, 3.8) is 0 Å². The summed E-state index contributed by atoms with van der Waals surface area (Å²) in [6.07, 6.45) is 2.61. The van der Waals surface area contributed by atoms with E-state index in [2.05, 4.69) is 10.3 Å². The number of hydrogen-bond acceptors (Lipinski definition) is 4. The molecule has 1 aliphatic rings. The van der Waals surface area contributed by atoms with Crippen molar-refractivity contribution in [2.24, 2.45) is 5.92 Å². The highest BCUT2D eigenvalue weighted by Gasteiger charge is 2.15. The maximum atomic E-state index is 11.8. The number of carbonyl (C=O) groups excluding carboxylic acids is 1. The summed E-state index contributed by atoms with van der Waals surface area (Å²) in [5, 5.41) is 4.01. The van der Waals surface area contributed by atoms with E-state index in [4.69, 9.17) is 4.74 Å². The number of nitrogens with one attached hydrogen (secondary N) is 1. The molecule has 0 bridgehead atoms. The van der Waals surface area contributed by atoms with Crippen molar-refractivity contribution in [1.29, 1.82) is 0 Å². The summed E-state index contributed by atoms with van der Waals surface area (Å²) < 4.78 is 5.31. The zero-order valence-corrected chi connectivity index (χ0v) is 11.8. The first-order valence-electron chi connectivity index (χ1n) is 6.42. The molecule has 18 heavy (non-hydrogen) atoms. The Morgan fingerprint density at radius 1 is 1.56 bits per heavy atom. The zero-order chi connectivity index (χ0) is 13.0. The van der Waals surface area contributed by atoms with Crippen LogP contribution < -0.4 is 5.32 Å². The van der Waals surface area contributed by atoms with E-state index in [1.54, 1.807) is 11.3 Å². The number of thiazole rings is 1. The quantitative estimate of drug-likeness (QED) is 0.886. The molecule has 0 aliphatic carbocycles. The fourth-order valence-electron chi connectivity index (χ4n) is 2.17. The topological polar surface area (TPSA) is 51.2 Å². The summed E-state index contributed by atoms with van der Waals surface area (Å²) in [6.45, 7) is 6.41. The van der Waals surface area contributed by atoms with Gasteiger partial charge in [-0.05, 0) is 32.6 Å². The Hall–Kier alpha value is -0.940. The number of amides is 1. The Bertz CT molecular complexity index is 411. The van der Waals surface area contributed by atoms with Crippen LogP contribution >= 0.6 is 11.3 Å². The van der Waals surface area contributed by atoms with E-state index in [0.29, 0.717) is 12.3 Å². The van der Waals surface area contributed by atoms with Gasteiger partial charge < -0.3 is 10.1 Å². The van der Waals surface area contributed by atoms with Gasteiger partial charge in [0.15, 0.2) is 0 Å². The Morgan fingerprint density at radius 3 is 3.00 bits per heavy atom. The van der Waals surface area contributed by atoms with Crippen molar-refractivity contribution in [3.8, 4) is 0 Å². The first kappa shape index (κ1) is 13.5. The van der Waals surface area contributed by atoms with Gasteiger partial charge in [-0.15, -0.1) is 11.3 Å². The SMILES string of the molecule is Cc1nc(C)c(CC(=O)NCC[C@H]2CCOC2)s1. The fourth-order valence-corrected chi connectivity index (χ4v) is 3.11. The summed E-state index contributed by atoms with van der Waals surface area (Å²) in [4.78, 5) is 17.2. The highest BCUT2D eigenvalue weighted by Crippen LogP contribution is 2.18. The molecule has 1 saturated heterocycles. The largest absolute Gasteiger partial charge is 0.381 e. The van der Waals surface area contributed by atoms with Crippen LogP contribution in [0.5, 0.6) is 0 Å². The average Bonchev–Trinajstić information content (AvgIpc) is 2.90. The van der Waals surface area contributed by atoms with Crippen molar-refractivity contribution >= 4 is 17.2 Å². The molecule has 0 aromatic carbocycles. The normalized spacial score (nSPS) is 19.1. The molecule has 0 unspecified atom stereocenters. The molecule has 0 saturated carbocycles. The number of nitrogens with zero attached hydrogens (tertiary/aromatic N) is 1. The molecular formula is C13H20N2O2S. The predicted molar refractivity (Wildman–Crippen MR) is 71.8 cm³/mol. The van der Waals surface area contributed by atoms with Gasteiger partial charge in [-0.3, -0.25) is 4.79 Å². The second-order valence-electron chi connectivity index (χ2n) is 4.79. The van der Waals surface area contributed by atoms with Gasteiger partial charge in [-0.2, -0.15) is 0 Å². The Balaban J connectivity index is 1.70. The molecule has 4 nitrogen and oxygen atoms in total. The Labute approximate surface area is 112 Å². The first-order chi connectivity index (χ1) is 8.65. The van der Waals surface area contributed by atoms with E-state index < -0.39 is 0 Å². The fraction of sp³-hybridized carbons (Fsp3) is 0.692. The van der Waals surface area contributed by atoms with Crippen molar-refractivity contribution in [1.82, 2.24) is 10.3 Å². The van der Waals surface area contributed by atoms with Gasteiger partial charge in [-0.25, -0.2) is 4.98 Å². The van der Waals surface area contributed by atoms with Crippen LogP contribution in [0.25, 0.3) is 0 Å². The van der Waals surface area contributed by atoms with Crippen LogP contribution in [0.1, 0.15) is 28.4 Å². The smallest absolute Gasteiger partial charge is 0.225 e. The third-order valence-corrected chi connectivity index (χ3v) is 4.29. The van der Waals surface area contributed by atoms with Crippen LogP contribution in [-0.4, -0.2) is 30.6 Å². The van der Waals surface area contributed by atoms with Crippen molar-refractivity contribution in [2.45, 2.75) is 33.1 Å². The monoisotopic (exact) mass is 268 g/mol. The zero-order valence-electron chi connectivity index (χ0n) is 11.0. The van der Waals surface area contributed by atoms with Gasteiger partial charge in [0, 0.05) is 24.6 Å². The number of aryl methyl sites for hydroxylation is 2. The summed E-state index contributed by atoms with van der Waals surface area (Å²) in [7, 11) is 0. The van der Waals surface area contributed by atoms with Crippen LogP contribution in [-0.2, 0) is 16.0 Å². The van der Waals surface area contributed by atoms with Crippen LogP contribution in [0.4, 0.5) is 0 Å². The number of carbonyl (C=O) groups is 1. The Morgan fingerprint density at radius 2 is 2.39 bits per heavy atom. The lowest BCUT2D eigenvalue weighted by Crippen LogP contribution is -2.27. The molecule has 1 fully saturated rings. The summed E-state index contributed by atoms with van der Waals surface area (Å²) in [6, 6.07) is 0. The molecule has 1 amide bonds. The number of hydrogen-bond donors (Lipinski definition) is 1. The highest BCUT2D eigenvalue weighted by molar-refractivity contribution is 7.11. The van der Waals surface area contributed by atoms with Crippen LogP contribution in [0, 0.1) is 19.8 Å². The average molecular weight is 268 g/mol. The number of aromatic nitrogens is 1. The summed E-state index contributed by atoms with van der Waals surface area (Å²) in [5.74, 6) is 0.721. The highest BCUT2D eigenvalue weighted by atomic mass is 32.1. The molecule has 1 aliphatic heterocycles. The van der Waals surface area contributed by atoms with Gasteiger partial charge in [0.1, 0.15) is 0 Å². The number of ether oxygens (including phenoxy) is 1. The molecule has 2 rings (SSSR count). The van der Waals surface area contributed by atoms with Crippen molar-refractivity contribution < 1.29 is 9.53 Å². The minimum absolute atomic E-state index is 0.0978. The second-order valence-corrected chi connectivity index (χ2v) is 6.07. The molecular weight excluding hydrogens is 248 g/mol. The van der Waals surface area contributed by atoms with Crippen molar-refractivity contribution in [2.75, 3.05) is 19.8 Å². The van der Waals surface area contributed by atoms with Gasteiger partial charge in [0.05, 0.1) is 17.1 Å². The molecule has 1 aromatic rings. The lowest BCUT2D eigenvalue weighted by atomic mass is 10.1. The second kappa shape index (κ2) is 6.29. The molecule has 1 aromatic heterocycles. The molecule has 0 radical (unpaired) electrons. The first-order valence-corrected chi connectivity index (χ1v) is 7.24. The minimum Gasteiger partial charge on any atom is -0.381 e. The van der Waals surface area contributed by atoms with Crippen LogP contribution in [0.2, 0.25) is 0 Å². The molecule has 2 heterocycles. The van der Waals surface area contributed by atoms with Gasteiger partial charge in [0.25, 0.3) is 0 Å². The molecule has 1 N–H and O–H groups in total. The van der Waals surface area contributed by atoms with Gasteiger partial charge >= 0.3 is 0 Å². The third-order valence-electron chi connectivity index (χ3n) is 3.22. The standard InChI is InChI=1S/C13H20N2O2S/c1-9-12(18-10(2)15-9)7-13(16)14-5-3-11-4-6-17-8-11/h11H,3-8H2,1-2H3,(H,14,16)/t11-/m0/s1. The Kier molecular flexibility index (Phi) is 4.72. The van der Waals surface area contributed by atoms with E-state index in [1.807, 2.05) is 13.8 Å².